The van der Waals surface area contributed by atoms with Crippen LogP contribution in [0.15, 0.2) is 36.5 Å². The molecule has 1 aromatic heterocycles. The number of rotatable bonds is 7. The molecule has 0 spiro atoms. The van der Waals surface area contributed by atoms with Gasteiger partial charge in [0.2, 0.25) is 5.88 Å². The van der Waals surface area contributed by atoms with E-state index in [2.05, 4.69) is 9.88 Å². The first-order chi connectivity index (χ1) is 11.0. The first kappa shape index (κ1) is 17.3. The second kappa shape index (κ2) is 8.02. The van der Waals surface area contributed by atoms with Gasteiger partial charge in [-0.3, -0.25) is 0 Å². The third-order valence-corrected chi connectivity index (χ3v) is 3.68. The molecule has 0 aliphatic carbocycles. The maximum atomic E-state index is 13.3. The van der Waals surface area contributed by atoms with Gasteiger partial charge < -0.3 is 9.64 Å². The zero-order valence-electron chi connectivity index (χ0n) is 13.7. The number of methoxy groups -OCH3 is 1. The molecule has 0 fully saturated rings. The van der Waals surface area contributed by atoms with E-state index in [-0.39, 0.29) is 5.56 Å². The molecule has 0 amide bonds. The van der Waals surface area contributed by atoms with Crippen LogP contribution in [0.2, 0.25) is 0 Å². The average molecular weight is 320 g/mol. The van der Waals surface area contributed by atoms with Crippen molar-refractivity contribution in [2.45, 2.75) is 19.3 Å². The second-order valence-electron chi connectivity index (χ2n) is 5.72. The van der Waals surface area contributed by atoms with Crippen molar-refractivity contribution in [1.82, 2.24) is 9.88 Å². The highest BCUT2D eigenvalue weighted by molar-refractivity contribution is 5.69. The van der Waals surface area contributed by atoms with Crippen molar-refractivity contribution in [3.63, 3.8) is 0 Å². The van der Waals surface area contributed by atoms with E-state index < -0.39 is 6.43 Å². The molecule has 0 aliphatic rings. The van der Waals surface area contributed by atoms with Gasteiger partial charge in [0.25, 0.3) is 6.43 Å². The van der Waals surface area contributed by atoms with Gasteiger partial charge in [-0.2, -0.15) is 0 Å². The Kier molecular flexibility index (Phi) is 6.04. The van der Waals surface area contributed by atoms with Crippen LogP contribution < -0.4 is 4.74 Å². The van der Waals surface area contributed by atoms with Crippen LogP contribution in [0.1, 0.15) is 24.0 Å². The lowest BCUT2D eigenvalue weighted by atomic mass is 9.96. The van der Waals surface area contributed by atoms with E-state index in [1.807, 2.05) is 20.2 Å². The Bertz CT molecular complexity index is 645. The van der Waals surface area contributed by atoms with E-state index in [1.54, 1.807) is 24.4 Å². The number of alkyl halides is 2. The van der Waals surface area contributed by atoms with Crippen LogP contribution >= 0.6 is 0 Å². The Balaban J connectivity index is 2.33. The zero-order valence-corrected chi connectivity index (χ0v) is 13.7. The predicted octanol–water partition coefficient (Wildman–Crippen LogP) is 4.19. The van der Waals surface area contributed by atoms with Crippen LogP contribution in [0.3, 0.4) is 0 Å². The van der Waals surface area contributed by atoms with Crippen molar-refractivity contribution < 1.29 is 13.5 Å². The summed E-state index contributed by atoms with van der Waals surface area (Å²) in [6, 6.07) is 8.58. The maximum absolute atomic E-state index is 13.3. The van der Waals surface area contributed by atoms with Crippen LogP contribution in [0.4, 0.5) is 8.78 Å². The number of halogens is 2. The second-order valence-corrected chi connectivity index (χ2v) is 5.72. The molecule has 5 heteroatoms. The Morgan fingerprint density at radius 3 is 2.61 bits per heavy atom. The van der Waals surface area contributed by atoms with Gasteiger partial charge in [-0.1, -0.05) is 18.2 Å². The van der Waals surface area contributed by atoms with Gasteiger partial charge in [0.05, 0.1) is 7.11 Å². The van der Waals surface area contributed by atoms with Crippen molar-refractivity contribution in [3.8, 4) is 17.0 Å². The van der Waals surface area contributed by atoms with E-state index in [9.17, 15) is 8.78 Å². The topological polar surface area (TPSA) is 25.4 Å². The summed E-state index contributed by atoms with van der Waals surface area (Å²) in [7, 11) is 5.56. The Morgan fingerprint density at radius 2 is 1.96 bits per heavy atom. The van der Waals surface area contributed by atoms with Gasteiger partial charge in [0, 0.05) is 17.8 Å². The number of hydrogen-bond acceptors (Lipinski definition) is 3. The zero-order chi connectivity index (χ0) is 16.8. The largest absolute Gasteiger partial charge is 0.481 e. The molecule has 2 rings (SSSR count). The van der Waals surface area contributed by atoms with E-state index in [0.29, 0.717) is 17.0 Å². The fraction of sp³-hybridized carbons (Fsp3) is 0.389. The van der Waals surface area contributed by atoms with Gasteiger partial charge in [-0.15, -0.1) is 0 Å². The Morgan fingerprint density at radius 1 is 1.17 bits per heavy atom. The summed E-state index contributed by atoms with van der Waals surface area (Å²) in [4.78, 5) is 6.15. The minimum atomic E-state index is -2.51. The Labute approximate surface area is 135 Å². The molecule has 0 bridgehead atoms. The SMILES string of the molecule is COc1cc(-c2cc(CCCN(C)C)ccc2C(F)F)ccn1. The fourth-order valence-electron chi connectivity index (χ4n) is 2.49. The molecular weight excluding hydrogens is 298 g/mol. The number of aryl methyl sites for hydroxylation is 1. The molecule has 0 atom stereocenters. The highest BCUT2D eigenvalue weighted by Gasteiger charge is 2.15. The minimum absolute atomic E-state index is 0.0367. The standard InChI is InChI=1S/C18H22F2N2O/c1-22(2)10-4-5-13-6-7-15(18(19)20)16(11-13)14-8-9-21-17(12-14)23-3/h6-9,11-12,18H,4-5,10H2,1-3H3. The quantitative estimate of drug-likeness (QED) is 0.765. The monoisotopic (exact) mass is 320 g/mol. The van der Waals surface area contributed by atoms with E-state index in [4.69, 9.17) is 4.74 Å². The molecule has 3 nitrogen and oxygen atoms in total. The minimum Gasteiger partial charge on any atom is -0.481 e. The van der Waals surface area contributed by atoms with Crippen molar-refractivity contribution >= 4 is 0 Å². The molecule has 0 unspecified atom stereocenters. The number of pyridine rings is 1. The number of benzene rings is 1. The van der Waals surface area contributed by atoms with Crippen LogP contribution in [-0.2, 0) is 6.42 Å². The molecule has 124 valence electrons. The van der Waals surface area contributed by atoms with Gasteiger partial charge >= 0.3 is 0 Å². The van der Waals surface area contributed by atoms with Crippen molar-refractivity contribution in [1.29, 1.82) is 0 Å². The van der Waals surface area contributed by atoms with E-state index in [1.165, 1.54) is 13.2 Å². The first-order valence-corrected chi connectivity index (χ1v) is 7.57. The Hall–Kier alpha value is -2.01. The maximum Gasteiger partial charge on any atom is 0.264 e. The number of nitrogens with zero attached hydrogens (tertiary/aromatic N) is 2. The lowest BCUT2D eigenvalue weighted by molar-refractivity contribution is 0.152. The molecule has 0 radical (unpaired) electrons. The van der Waals surface area contributed by atoms with Crippen molar-refractivity contribution in [2.75, 3.05) is 27.7 Å². The van der Waals surface area contributed by atoms with Gasteiger partial charge in [0.15, 0.2) is 0 Å². The van der Waals surface area contributed by atoms with E-state index >= 15 is 0 Å². The molecule has 2 aromatic rings. The summed E-state index contributed by atoms with van der Waals surface area (Å²) in [5.41, 5.74) is 2.33. The summed E-state index contributed by atoms with van der Waals surface area (Å²) >= 11 is 0. The molecule has 23 heavy (non-hydrogen) atoms. The summed E-state index contributed by atoms with van der Waals surface area (Å²) in [5, 5.41) is 0. The van der Waals surface area contributed by atoms with Crippen LogP contribution in [0.5, 0.6) is 5.88 Å². The lowest BCUT2D eigenvalue weighted by Gasteiger charge is -2.13. The molecule has 1 heterocycles. The third kappa shape index (κ3) is 4.73. The first-order valence-electron chi connectivity index (χ1n) is 7.57. The van der Waals surface area contributed by atoms with Gasteiger partial charge in [0.1, 0.15) is 0 Å². The van der Waals surface area contributed by atoms with Crippen LogP contribution in [0, 0.1) is 0 Å². The molecule has 0 saturated carbocycles. The summed E-state index contributed by atoms with van der Waals surface area (Å²) in [5.74, 6) is 0.417. The fourth-order valence-corrected chi connectivity index (χ4v) is 2.49. The number of ether oxygens (including phenoxy) is 1. The van der Waals surface area contributed by atoms with Crippen LogP contribution in [0.25, 0.3) is 11.1 Å². The lowest BCUT2D eigenvalue weighted by Crippen LogP contribution is -2.13. The summed E-state index contributed by atoms with van der Waals surface area (Å²) in [6.07, 6.45) is 0.902. The molecule has 0 N–H and O–H groups in total. The summed E-state index contributed by atoms with van der Waals surface area (Å²) in [6.45, 7) is 0.967. The third-order valence-electron chi connectivity index (χ3n) is 3.68. The number of hydrogen-bond donors (Lipinski definition) is 0. The van der Waals surface area contributed by atoms with E-state index in [0.717, 1.165) is 24.9 Å². The summed E-state index contributed by atoms with van der Waals surface area (Å²) < 4.78 is 31.8. The van der Waals surface area contributed by atoms with Gasteiger partial charge in [-0.25, -0.2) is 13.8 Å². The van der Waals surface area contributed by atoms with Crippen LogP contribution in [-0.4, -0.2) is 37.6 Å². The predicted molar refractivity (Wildman–Crippen MR) is 88.1 cm³/mol. The molecule has 0 aliphatic heterocycles. The average Bonchev–Trinajstić information content (AvgIpc) is 2.54. The highest BCUT2D eigenvalue weighted by atomic mass is 19.3. The van der Waals surface area contributed by atoms with Gasteiger partial charge in [-0.05, 0) is 56.2 Å². The molecule has 1 aromatic carbocycles. The normalized spacial score (nSPS) is 11.3. The van der Waals surface area contributed by atoms with Crippen molar-refractivity contribution in [2.24, 2.45) is 0 Å². The van der Waals surface area contributed by atoms with Crippen molar-refractivity contribution in [3.05, 3.63) is 47.7 Å². The molecule has 0 saturated heterocycles. The highest BCUT2D eigenvalue weighted by Crippen LogP contribution is 2.33. The number of aromatic nitrogens is 1. The molecular formula is C18H22F2N2O. The smallest absolute Gasteiger partial charge is 0.264 e.